The molecule has 1 aliphatic rings. The van der Waals surface area contributed by atoms with Crippen LogP contribution in [0.2, 0.25) is 0 Å². The fourth-order valence-electron chi connectivity index (χ4n) is 1.05. The molecule has 0 aromatic rings. The van der Waals surface area contributed by atoms with Gasteiger partial charge in [0.25, 0.3) is 0 Å². The van der Waals surface area contributed by atoms with Gasteiger partial charge in [-0.25, -0.2) is 0 Å². The van der Waals surface area contributed by atoms with Gasteiger partial charge in [-0.3, -0.25) is 14.4 Å². The van der Waals surface area contributed by atoms with Crippen LogP contribution in [0.4, 0.5) is 0 Å². The van der Waals surface area contributed by atoms with Crippen molar-refractivity contribution in [1.82, 2.24) is 5.32 Å². The molecular weight excluding hydrogens is 178 g/mol. The van der Waals surface area contributed by atoms with Crippen LogP contribution in [0.3, 0.4) is 0 Å². The van der Waals surface area contributed by atoms with Crippen LogP contribution < -0.4 is 5.32 Å². The van der Waals surface area contributed by atoms with Gasteiger partial charge in [0.15, 0.2) is 0 Å². The van der Waals surface area contributed by atoms with Gasteiger partial charge in [-0.2, -0.15) is 0 Å². The number of carboxylic acids is 2. The molecule has 0 aliphatic heterocycles. The van der Waals surface area contributed by atoms with Crippen molar-refractivity contribution >= 4 is 17.8 Å². The van der Waals surface area contributed by atoms with Crippen LogP contribution in [0.5, 0.6) is 0 Å². The zero-order chi connectivity index (χ0) is 10.0. The Kier molecular flexibility index (Phi) is 2.50. The molecule has 0 bridgehead atoms. The summed E-state index contributed by atoms with van der Waals surface area (Å²) < 4.78 is 0. The van der Waals surface area contributed by atoms with Crippen LogP contribution in [0.15, 0.2) is 0 Å². The lowest BCUT2D eigenvalue weighted by atomic mass is 10.3. The summed E-state index contributed by atoms with van der Waals surface area (Å²) >= 11 is 0. The maximum absolute atomic E-state index is 11.0. The average molecular weight is 187 g/mol. The standard InChI is InChI=1S/C7H9NO5/c9-5(10)2-8-6(11)3-1-4(3)7(12)13/h3-4H,1-2H2,(H,8,11)(H,9,10)(H,12,13). The van der Waals surface area contributed by atoms with Gasteiger partial charge < -0.3 is 15.5 Å². The maximum atomic E-state index is 11.0. The lowest BCUT2D eigenvalue weighted by molar-refractivity contribution is -0.140. The van der Waals surface area contributed by atoms with Gasteiger partial charge >= 0.3 is 11.9 Å². The molecule has 2 unspecified atom stereocenters. The predicted molar refractivity (Wildman–Crippen MR) is 39.9 cm³/mol. The van der Waals surface area contributed by atoms with Crippen LogP contribution in [-0.2, 0) is 14.4 Å². The minimum Gasteiger partial charge on any atom is -0.481 e. The Balaban J connectivity index is 2.27. The molecule has 3 N–H and O–H groups in total. The highest BCUT2D eigenvalue weighted by Crippen LogP contribution is 2.38. The minimum atomic E-state index is -1.14. The first-order chi connectivity index (χ1) is 6.02. The number of hydrogen-bond donors (Lipinski definition) is 3. The van der Waals surface area contributed by atoms with E-state index in [0.717, 1.165) is 0 Å². The first-order valence-corrected chi connectivity index (χ1v) is 3.74. The van der Waals surface area contributed by atoms with E-state index in [-0.39, 0.29) is 0 Å². The Morgan fingerprint density at radius 3 is 2.23 bits per heavy atom. The van der Waals surface area contributed by atoms with E-state index in [4.69, 9.17) is 10.2 Å². The lowest BCUT2D eigenvalue weighted by Crippen LogP contribution is -2.31. The number of carbonyl (C=O) groups is 3. The molecule has 0 spiro atoms. The quantitative estimate of drug-likeness (QED) is 0.518. The van der Waals surface area contributed by atoms with Crippen molar-refractivity contribution in [3.63, 3.8) is 0 Å². The summed E-state index contributed by atoms with van der Waals surface area (Å²) in [6.07, 6.45) is 0.306. The Labute approximate surface area is 73.5 Å². The smallest absolute Gasteiger partial charge is 0.322 e. The number of amides is 1. The van der Waals surface area contributed by atoms with Gasteiger partial charge in [0.1, 0.15) is 6.54 Å². The molecule has 0 heterocycles. The minimum absolute atomic E-state index is 0.306. The van der Waals surface area contributed by atoms with E-state index in [1.807, 2.05) is 0 Å². The van der Waals surface area contributed by atoms with Crippen molar-refractivity contribution in [3.8, 4) is 0 Å². The number of nitrogens with one attached hydrogen (secondary N) is 1. The molecule has 6 heteroatoms. The number of carboxylic acid groups (broad SMARTS) is 2. The van der Waals surface area contributed by atoms with Crippen LogP contribution in [0.1, 0.15) is 6.42 Å². The molecule has 6 nitrogen and oxygen atoms in total. The molecule has 0 radical (unpaired) electrons. The van der Waals surface area contributed by atoms with Crippen LogP contribution >= 0.6 is 0 Å². The number of hydrogen-bond acceptors (Lipinski definition) is 3. The number of carbonyl (C=O) groups excluding carboxylic acids is 1. The fraction of sp³-hybridized carbons (Fsp3) is 0.571. The average Bonchev–Trinajstić information content (AvgIpc) is 2.78. The van der Waals surface area contributed by atoms with Crippen molar-refractivity contribution in [1.29, 1.82) is 0 Å². The van der Waals surface area contributed by atoms with Gasteiger partial charge in [-0.1, -0.05) is 0 Å². The van der Waals surface area contributed by atoms with Gasteiger partial charge in [0.05, 0.1) is 11.8 Å². The number of rotatable bonds is 4. The zero-order valence-corrected chi connectivity index (χ0v) is 6.69. The van der Waals surface area contributed by atoms with Crippen LogP contribution in [0, 0.1) is 11.8 Å². The summed E-state index contributed by atoms with van der Waals surface area (Å²) in [5.74, 6) is -3.81. The zero-order valence-electron chi connectivity index (χ0n) is 6.69. The highest BCUT2D eigenvalue weighted by atomic mass is 16.4. The van der Waals surface area contributed by atoms with Gasteiger partial charge in [0, 0.05) is 0 Å². The SMILES string of the molecule is O=C(O)CNC(=O)C1CC1C(=O)O. The van der Waals surface area contributed by atoms with E-state index >= 15 is 0 Å². The third kappa shape index (κ3) is 2.43. The van der Waals surface area contributed by atoms with Crippen molar-refractivity contribution < 1.29 is 24.6 Å². The van der Waals surface area contributed by atoms with E-state index in [0.29, 0.717) is 6.42 Å². The first-order valence-electron chi connectivity index (χ1n) is 3.74. The molecule has 72 valence electrons. The Morgan fingerprint density at radius 1 is 1.23 bits per heavy atom. The highest BCUT2D eigenvalue weighted by Gasteiger charge is 2.48. The molecule has 1 saturated carbocycles. The molecular formula is C7H9NO5. The monoisotopic (exact) mass is 187 g/mol. The van der Waals surface area contributed by atoms with Crippen molar-refractivity contribution in [2.24, 2.45) is 11.8 Å². The fourth-order valence-corrected chi connectivity index (χ4v) is 1.05. The van der Waals surface area contributed by atoms with Crippen molar-refractivity contribution in [2.75, 3.05) is 6.54 Å². The summed E-state index contributed by atoms with van der Waals surface area (Å²) in [5.41, 5.74) is 0. The van der Waals surface area contributed by atoms with Crippen molar-refractivity contribution in [2.45, 2.75) is 6.42 Å². The Bertz CT molecular complexity index is 262. The van der Waals surface area contributed by atoms with Crippen molar-refractivity contribution in [3.05, 3.63) is 0 Å². The molecule has 13 heavy (non-hydrogen) atoms. The van der Waals surface area contributed by atoms with E-state index in [1.165, 1.54) is 0 Å². The Morgan fingerprint density at radius 2 is 1.85 bits per heavy atom. The molecule has 1 aliphatic carbocycles. The van der Waals surface area contributed by atoms with E-state index in [1.54, 1.807) is 0 Å². The summed E-state index contributed by atoms with van der Waals surface area (Å²) in [7, 11) is 0. The van der Waals surface area contributed by atoms with E-state index in [9.17, 15) is 14.4 Å². The largest absolute Gasteiger partial charge is 0.481 e. The van der Waals surface area contributed by atoms with Crippen LogP contribution in [0.25, 0.3) is 0 Å². The summed E-state index contributed by atoms with van der Waals surface area (Å²) in [5, 5.41) is 18.8. The maximum Gasteiger partial charge on any atom is 0.322 e. The normalized spacial score (nSPS) is 24.9. The second-order valence-electron chi connectivity index (χ2n) is 2.90. The second-order valence-corrected chi connectivity index (χ2v) is 2.90. The van der Waals surface area contributed by atoms with Gasteiger partial charge in [-0.15, -0.1) is 0 Å². The van der Waals surface area contributed by atoms with Crippen LogP contribution in [-0.4, -0.2) is 34.6 Å². The highest BCUT2D eigenvalue weighted by molar-refractivity contribution is 5.90. The molecule has 2 atom stereocenters. The number of aliphatic carboxylic acids is 2. The lowest BCUT2D eigenvalue weighted by Gasteiger charge is -1.98. The third-order valence-electron chi connectivity index (χ3n) is 1.86. The Hall–Kier alpha value is -1.59. The molecule has 0 saturated heterocycles. The molecule has 1 amide bonds. The third-order valence-corrected chi connectivity index (χ3v) is 1.86. The van der Waals surface area contributed by atoms with E-state index < -0.39 is 36.2 Å². The van der Waals surface area contributed by atoms with Gasteiger partial charge in [0.2, 0.25) is 5.91 Å². The summed E-state index contributed by atoms with van der Waals surface area (Å²) in [6, 6.07) is 0. The second kappa shape index (κ2) is 3.42. The van der Waals surface area contributed by atoms with Gasteiger partial charge in [-0.05, 0) is 6.42 Å². The summed E-state index contributed by atoms with van der Waals surface area (Å²) in [6.45, 7) is -0.457. The first kappa shape index (κ1) is 9.50. The molecule has 1 rings (SSSR count). The van der Waals surface area contributed by atoms with E-state index in [2.05, 4.69) is 5.32 Å². The summed E-state index contributed by atoms with van der Waals surface area (Å²) in [4.78, 5) is 31.3. The molecule has 0 aromatic heterocycles. The predicted octanol–water partition coefficient (Wildman–Crippen LogP) is -1.09. The molecule has 0 aromatic carbocycles. The molecule has 1 fully saturated rings. The topological polar surface area (TPSA) is 104 Å².